The Kier molecular flexibility index (Phi) is 10.8. The predicted octanol–water partition coefficient (Wildman–Crippen LogP) is 5.00. The van der Waals surface area contributed by atoms with Crippen molar-refractivity contribution in [3.05, 3.63) is 107 Å². The second-order valence-electron chi connectivity index (χ2n) is 18.5. The number of aliphatic hydroxyl groups is 1. The number of likely N-dealkylation sites (tertiary alicyclic amines) is 1. The number of piperazine rings is 1. The number of aryl methyl sites for hydroxylation is 1. The lowest BCUT2D eigenvalue weighted by atomic mass is 9.87. The first kappa shape index (κ1) is 42.9. The quantitative estimate of drug-likeness (QED) is 0.131. The molecule has 19 heteroatoms. The van der Waals surface area contributed by atoms with E-state index in [1.807, 2.05) is 38.6 Å². The smallest absolute Gasteiger partial charge is 0.255 e. The maximum absolute atomic E-state index is 16.0. The molecular weight excluding hydrogens is 883 g/mol. The third-order valence-electron chi connectivity index (χ3n) is 14.4. The van der Waals surface area contributed by atoms with Gasteiger partial charge in [0.2, 0.25) is 17.7 Å². The third-order valence-corrected chi connectivity index (χ3v) is 15.1. The van der Waals surface area contributed by atoms with Crippen molar-refractivity contribution in [3.8, 4) is 11.1 Å². The molecule has 11 rings (SSSR count). The van der Waals surface area contributed by atoms with Gasteiger partial charge in [-0.1, -0.05) is 12.1 Å². The van der Waals surface area contributed by atoms with Crippen LogP contribution < -0.4 is 25.8 Å². The fourth-order valence-corrected chi connectivity index (χ4v) is 11.4. The van der Waals surface area contributed by atoms with Crippen LogP contribution in [0.5, 0.6) is 0 Å². The van der Waals surface area contributed by atoms with Crippen LogP contribution in [0.1, 0.15) is 78.3 Å². The standard InChI is InChI=1S/C48H48F2N10O6S/c49-35-19-28(18-33-34(35)25-60(46(33)65)43(45(64)55-47-51-13-17-67-47)42-39-2-1-14-57(39)26-52-42)27-3-6-30(7-4-27)58-23-32-21-31(58)24-59(32)41(62)22-48(66)11-15-56(16-12-48)38-9-5-29(20-36(38)50)53-37-8-10-40(61)54-44(37)63/h3-7,9,13,17-20,26,31-32,37,43,53,66H,1-2,8,10-12,14-16,21-25H2,(H,51,55,64)(H,54,61,63)/t31-,32-,37+,43?/m1/s1. The minimum absolute atomic E-state index is 0.0143. The van der Waals surface area contributed by atoms with Crippen LogP contribution in [0.3, 0.4) is 0 Å². The van der Waals surface area contributed by atoms with Crippen LogP contribution in [0.4, 0.5) is 31.0 Å². The first-order chi connectivity index (χ1) is 32.4. The highest BCUT2D eigenvalue weighted by atomic mass is 32.1. The lowest BCUT2D eigenvalue weighted by molar-refractivity contribution is -0.138. The number of carbonyl (C=O) groups is 5. The Labute approximate surface area is 388 Å². The van der Waals surface area contributed by atoms with E-state index in [1.54, 1.807) is 36.1 Å². The Morgan fingerprint density at radius 2 is 1.76 bits per heavy atom. The van der Waals surface area contributed by atoms with Crippen LogP contribution >= 0.6 is 11.3 Å². The summed E-state index contributed by atoms with van der Waals surface area (Å²) in [4.78, 5) is 81.6. The van der Waals surface area contributed by atoms with E-state index < -0.39 is 47.0 Å². The first-order valence-electron chi connectivity index (χ1n) is 22.8. The van der Waals surface area contributed by atoms with Crippen LogP contribution in [0.25, 0.3) is 11.1 Å². The van der Waals surface area contributed by atoms with Gasteiger partial charge >= 0.3 is 0 Å². The number of carbonyl (C=O) groups excluding carboxylic acids is 5. The van der Waals surface area contributed by atoms with E-state index in [0.717, 1.165) is 42.8 Å². The number of nitrogens with one attached hydrogen (secondary N) is 3. The maximum Gasteiger partial charge on any atom is 0.255 e. The van der Waals surface area contributed by atoms with Gasteiger partial charge in [-0.2, -0.15) is 0 Å². The monoisotopic (exact) mass is 930 g/mol. The summed E-state index contributed by atoms with van der Waals surface area (Å²) in [6.07, 6.45) is 6.83. The molecule has 5 aromatic rings. The molecule has 4 saturated heterocycles. The van der Waals surface area contributed by atoms with Crippen molar-refractivity contribution < 1.29 is 37.9 Å². The van der Waals surface area contributed by atoms with Gasteiger partial charge in [0, 0.05) is 85.0 Å². The number of imide groups is 1. The Morgan fingerprint density at radius 1 is 0.940 bits per heavy atom. The van der Waals surface area contributed by atoms with Crippen LogP contribution in [0.2, 0.25) is 0 Å². The molecule has 1 unspecified atom stereocenters. The molecule has 6 aliphatic heterocycles. The van der Waals surface area contributed by atoms with Gasteiger partial charge < -0.3 is 34.6 Å². The number of thiazole rings is 1. The van der Waals surface area contributed by atoms with Gasteiger partial charge in [0.25, 0.3) is 11.8 Å². The number of imidazole rings is 1. The molecular formula is C48H48F2N10O6S. The fraction of sp³-hybridized carbons (Fsp3) is 0.396. The molecule has 346 valence electrons. The lowest BCUT2D eigenvalue weighted by Gasteiger charge is -2.41. The van der Waals surface area contributed by atoms with E-state index >= 15 is 8.78 Å². The molecule has 0 saturated carbocycles. The minimum atomic E-state index is -1.22. The van der Waals surface area contributed by atoms with Gasteiger partial charge in [-0.15, -0.1) is 11.3 Å². The molecule has 8 heterocycles. The highest BCUT2D eigenvalue weighted by Gasteiger charge is 2.47. The molecule has 0 radical (unpaired) electrons. The first-order valence-corrected chi connectivity index (χ1v) is 23.7. The summed E-state index contributed by atoms with van der Waals surface area (Å²) >= 11 is 1.27. The topological polar surface area (TPSA) is 185 Å². The number of benzene rings is 3. The van der Waals surface area contributed by atoms with Gasteiger partial charge in [0.1, 0.15) is 17.7 Å². The molecule has 0 aliphatic carbocycles. The van der Waals surface area contributed by atoms with E-state index in [1.165, 1.54) is 28.4 Å². The van der Waals surface area contributed by atoms with Crippen LogP contribution in [-0.2, 0) is 38.7 Å². The lowest BCUT2D eigenvalue weighted by Crippen LogP contribution is -2.52. The van der Waals surface area contributed by atoms with Crippen molar-refractivity contribution in [1.82, 2.24) is 29.7 Å². The summed E-state index contributed by atoms with van der Waals surface area (Å²) < 4.78 is 33.3. The van der Waals surface area contributed by atoms with Gasteiger partial charge in [-0.05, 0) is 92.1 Å². The number of aromatic nitrogens is 3. The highest BCUT2D eigenvalue weighted by Crippen LogP contribution is 2.41. The number of halogens is 2. The number of anilines is 4. The fourth-order valence-electron chi connectivity index (χ4n) is 10.9. The minimum Gasteiger partial charge on any atom is -0.389 e. The van der Waals surface area contributed by atoms with Crippen molar-refractivity contribution >= 4 is 63.1 Å². The molecule has 16 nitrogen and oxygen atoms in total. The van der Waals surface area contributed by atoms with Crippen molar-refractivity contribution in [2.75, 3.05) is 46.6 Å². The molecule has 5 amide bonds. The Bertz CT molecular complexity index is 2810. The third kappa shape index (κ3) is 7.96. The summed E-state index contributed by atoms with van der Waals surface area (Å²) in [7, 11) is 0. The van der Waals surface area contributed by atoms with E-state index in [0.29, 0.717) is 73.2 Å². The Hall–Kier alpha value is -6.73. The zero-order valence-electron chi connectivity index (χ0n) is 36.4. The van der Waals surface area contributed by atoms with E-state index in [9.17, 15) is 29.1 Å². The number of amides is 5. The zero-order chi connectivity index (χ0) is 46.1. The maximum atomic E-state index is 16.0. The van der Waals surface area contributed by atoms with Crippen molar-refractivity contribution in [3.63, 3.8) is 0 Å². The average molecular weight is 931 g/mol. The summed E-state index contributed by atoms with van der Waals surface area (Å²) in [5, 5.41) is 21.8. The van der Waals surface area contributed by atoms with Gasteiger partial charge in [-0.3, -0.25) is 34.6 Å². The van der Waals surface area contributed by atoms with Gasteiger partial charge in [0.05, 0.1) is 42.3 Å². The second-order valence-corrected chi connectivity index (χ2v) is 19.4. The SMILES string of the molecule is O=C1CC[C@H](Nc2ccc(N3CCC(O)(CC(=O)N4C[C@H]5C[C@@H]4CN5c4ccc(-c5cc(F)c6c(c5)C(=O)N(C(C(=O)Nc5nccs5)c5ncn7c5CCC7)C6)cc4)CC3)c(F)c2)C(=O)N1. The molecule has 0 spiro atoms. The number of nitrogens with zero attached hydrogens (tertiary/aromatic N) is 7. The molecule has 4 N–H and O–H groups in total. The van der Waals surface area contributed by atoms with Crippen molar-refractivity contribution in [2.24, 2.45) is 0 Å². The Morgan fingerprint density at radius 3 is 2.49 bits per heavy atom. The summed E-state index contributed by atoms with van der Waals surface area (Å²) in [6, 6.07) is 13.9. The van der Waals surface area contributed by atoms with Gasteiger partial charge in [0.15, 0.2) is 11.2 Å². The number of hydrogen-bond donors (Lipinski definition) is 4. The van der Waals surface area contributed by atoms with Crippen LogP contribution in [0, 0.1) is 11.6 Å². The van der Waals surface area contributed by atoms with Crippen molar-refractivity contribution in [2.45, 2.75) is 94.2 Å². The molecule has 4 fully saturated rings. The molecule has 4 atom stereocenters. The molecule has 67 heavy (non-hydrogen) atoms. The molecule has 2 aromatic heterocycles. The zero-order valence-corrected chi connectivity index (χ0v) is 37.2. The molecule has 3 aromatic carbocycles. The number of fused-ring (bicyclic) bond motifs is 4. The van der Waals surface area contributed by atoms with Crippen LogP contribution in [-0.4, -0.2) is 109 Å². The normalized spacial score (nSPS) is 22.3. The largest absolute Gasteiger partial charge is 0.389 e. The highest BCUT2D eigenvalue weighted by molar-refractivity contribution is 7.13. The summed E-state index contributed by atoms with van der Waals surface area (Å²) in [5.74, 6) is -2.76. The summed E-state index contributed by atoms with van der Waals surface area (Å²) in [6.45, 7) is 2.58. The van der Waals surface area contributed by atoms with E-state index in [2.05, 4.69) is 30.8 Å². The van der Waals surface area contributed by atoms with Crippen molar-refractivity contribution in [1.29, 1.82) is 0 Å². The number of rotatable bonds is 11. The molecule has 6 aliphatic rings. The number of hydrogen-bond acceptors (Lipinski definition) is 12. The number of piperidine rings is 2. The Balaban J connectivity index is 0.706. The second kappa shape index (κ2) is 16.9. The van der Waals surface area contributed by atoms with Crippen LogP contribution in [0.15, 0.2) is 72.5 Å². The molecule has 2 bridgehead atoms. The van der Waals surface area contributed by atoms with E-state index in [-0.39, 0.29) is 54.4 Å². The van der Waals surface area contributed by atoms with Gasteiger partial charge in [-0.25, -0.2) is 18.7 Å². The predicted molar refractivity (Wildman–Crippen MR) is 244 cm³/mol. The summed E-state index contributed by atoms with van der Waals surface area (Å²) in [5.41, 5.74) is 3.65. The van der Waals surface area contributed by atoms with E-state index in [4.69, 9.17) is 0 Å². The average Bonchev–Trinajstić information content (AvgIpc) is 4.19.